The molecule has 2 aromatic heterocycles. The molecule has 0 atom stereocenters. The highest BCUT2D eigenvalue weighted by molar-refractivity contribution is 7.93. The number of fused-ring (bicyclic) bond motifs is 1. The van der Waals surface area contributed by atoms with Crippen molar-refractivity contribution in [2.45, 2.75) is 21.2 Å². The predicted molar refractivity (Wildman–Crippen MR) is 119 cm³/mol. The summed E-state index contributed by atoms with van der Waals surface area (Å²) in [7, 11) is -6.85. The highest BCUT2D eigenvalue weighted by atomic mass is 32.2. The quantitative estimate of drug-likeness (QED) is 0.403. The van der Waals surface area contributed by atoms with Gasteiger partial charge in [0.1, 0.15) is 4.90 Å². The molecule has 0 bridgehead atoms. The number of imidazole rings is 1. The van der Waals surface area contributed by atoms with Crippen LogP contribution >= 0.6 is 0 Å². The first-order chi connectivity index (χ1) is 15.7. The molecule has 1 amide bonds. The van der Waals surface area contributed by atoms with Crippen LogP contribution < -0.4 is 10.0 Å². The smallest absolute Gasteiger partial charge is 0.254 e. The molecule has 0 unspecified atom stereocenters. The maximum atomic E-state index is 13.1. The summed E-state index contributed by atoms with van der Waals surface area (Å²) in [5.41, 5.74) is 1.01. The molecule has 0 spiro atoms. The van der Waals surface area contributed by atoms with Crippen LogP contribution in [0.25, 0.3) is 5.78 Å². The fourth-order valence-electron chi connectivity index (χ4n) is 3.14. The molecule has 0 aliphatic rings. The molecule has 0 aliphatic heterocycles. The molecule has 0 fully saturated rings. The number of sulfone groups is 1. The third-order valence-corrected chi connectivity index (χ3v) is 8.32. The Morgan fingerprint density at radius 1 is 0.970 bits per heavy atom. The number of benzene rings is 2. The van der Waals surface area contributed by atoms with Crippen LogP contribution in [-0.4, -0.2) is 44.2 Å². The van der Waals surface area contributed by atoms with E-state index in [9.17, 15) is 21.6 Å². The van der Waals surface area contributed by atoms with E-state index in [-0.39, 0.29) is 27.1 Å². The monoisotopic (exact) mass is 485 g/mol. The second-order valence-corrected chi connectivity index (χ2v) is 10.7. The zero-order chi connectivity index (χ0) is 23.6. The maximum absolute atomic E-state index is 13.1. The Hall–Kier alpha value is -3.61. The summed E-state index contributed by atoms with van der Waals surface area (Å²) in [4.78, 5) is 19.8. The number of nitrogens with one attached hydrogen (secondary N) is 2. The van der Waals surface area contributed by atoms with Gasteiger partial charge >= 0.3 is 0 Å². The summed E-state index contributed by atoms with van der Waals surface area (Å²) in [6.07, 6.45) is 6.28. The van der Waals surface area contributed by atoms with Gasteiger partial charge in [0, 0.05) is 31.3 Å². The van der Waals surface area contributed by atoms with E-state index < -0.39 is 19.9 Å². The lowest BCUT2D eigenvalue weighted by atomic mass is 10.2. The number of amides is 1. The van der Waals surface area contributed by atoms with Crippen LogP contribution in [0, 0.1) is 0 Å². The molecule has 4 aromatic rings. The van der Waals surface area contributed by atoms with E-state index in [2.05, 4.69) is 20.0 Å². The van der Waals surface area contributed by atoms with Gasteiger partial charge in [-0.05, 0) is 36.9 Å². The third kappa shape index (κ3) is 4.49. The Bertz CT molecular complexity index is 1550. The van der Waals surface area contributed by atoms with E-state index in [1.54, 1.807) is 35.1 Å². The van der Waals surface area contributed by atoms with Crippen molar-refractivity contribution in [1.29, 1.82) is 0 Å². The van der Waals surface area contributed by atoms with E-state index in [1.165, 1.54) is 49.6 Å². The number of aromatic nitrogens is 3. The zero-order valence-corrected chi connectivity index (χ0v) is 19.0. The van der Waals surface area contributed by atoms with Crippen LogP contribution in [0.4, 0.5) is 0 Å². The lowest BCUT2D eigenvalue weighted by molar-refractivity contribution is 0.0950. The summed E-state index contributed by atoms with van der Waals surface area (Å²) in [5.74, 6) is 0.133. The van der Waals surface area contributed by atoms with Gasteiger partial charge in [-0.1, -0.05) is 24.3 Å². The van der Waals surface area contributed by atoms with Gasteiger partial charge in [-0.25, -0.2) is 31.5 Å². The van der Waals surface area contributed by atoms with Crippen molar-refractivity contribution in [3.63, 3.8) is 0 Å². The molecule has 2 aromatic carbocycles. The number of sulfonamides is 1. The summed E-state index contributed by atoms with van der Waals surface area (Å²) in [6, 6.07) is 11.3. The molecule has 170 valence electrons. The first-order valence-corrected chi connectivity index (χ1v) is 12.6. The van der Waals surface area contributed by atoms with Gasteiger partial charge < -0.3 is 5.32 Å². The highest BCUT2D eigenvalue weighted by Crippen LogP contribution is 2.27. The summed E-state index contributed by atoms with van der Waals surface area (Å²) in [6.45, 7) is 0.159. The second-order valence-electron chi connectivity index (χ2n) is 6.96. The fourth-order valence-corrected chi connectivity index (χ4v) is 5.94. The van der Waals surface area contributed by atoms with Crippen LogP contribution in [-0.2, 0) is 26.4 Å². The van der Waals surface area contributed by atoms with E-state index in [1.807, 2.05) is 0 Å². The van der Waals surface area contributed by atoms with Gasteiger partial charge in [-0.3, -0.25) is 9.20 Å². The van der Waals surface area contributed by atoms with Crippen molar-refractivity contribution in [3.05, 3.63) is 84.4 Å². The SMILES string of the molecule is CNS(=O)(=O)c1ccccc1S(=O)(=O)c1ccc(CNC(=O)c2cnc3nccn3c2)cc1. The lowest BCUT2D eigenvalue weighted by Gasteiger charge is -2.11. The number of carbonyl (C=O) groups is 1. The fraction of sp³-hybridized carbons (Fsp3) is 0.0952. The number of hydrogen-bond donors (Lipinski definition) is 2. The van der Waals surface area contributed by atoms with Crippen molar-refractivity contribution >= 4 is 31.5 Å². The Labute approximate surface area is 190 Å². The molecule has 0 saturated heterocycles. The highest BCUT2D eigenvalue weighted by Gasteiger charge is 2.26. The standard InChI is InChI=1S/C21H19N5O5S2/c1-22-33(30,31)19-5-3-2-4-18(19)32(28,29)17-8-6-15(7-9-17)12-24-20(27)16-13-25-21-23-10-11-26(21)14-16/h2-11,13-14,22H,12H2,1H3,(H,24,27). The van der Waals surface area contributed by atoms with Gasteiger partial charge in [0.2, 0.25) is 25.6 Å². The molecule has 2 N–H and O–H groups in total. The van der Waals surface area contributed by atoms with Gasteiger partial charge in [0.05, 0.1) is 15.4 Å². The van der Waals surface area contributed by atoms with E-state index in [0.717, 1.165) is 0 Å². The van der Waals surface area contributed by atoms with Crippen LogP contribution in [0.3, 0.4) is 0 Å². The first-order valence-electron chi connectivity index (χ1n) is 9.66. The minimum Gasteiger partial charge on any atom is -0.348 e. The van der Waals surface area contributed by atoms with Gasteiger partial charge in [-0.15, -0.1) is 0 Å². The lowest BCUT2D eigenvalue weighted by Crippen LogP contribution is -2.23. The summed E-state index contributed by atoms with van der Waals surface area (Å²) in [5, 5.41) is 2.75. The largest absolute Gasteiger partial charge is 0.348 e. The normalized spacial score (nSPS) is 12.0. The number of nitrogens with zero attached hydrogens (tertiary/aromatic N) is 3. The summed E-state index contributed by atoms with van der Waals surface area (Å²) >= 11 is 0. The third-order valence-electron chi connectivity index (χ3n) is 4.89. The molecule has 33 heavy (non-hydrogen) atoms. The van der Waals surface area contributed by atoms with Crippen molar-refractivity contribution in [3.8, 4) is 0 Å². The molecule has 0 radical (unpaired) electrons. The second kappa shape index (κ2) is 8.73. The minimum absolute atomic E-state index is 0.0638. The van der Waals surface area contributed by atoms with E-state index in [0.29, 0.717) is 16.9 Å². The summed E-state index contributed by atoms with van der Waals surface area (Å²) < 4.78 is 54.4. The number of rotatable bonds is 7. The van der Waals surface area contributed by atoms with Gasteiger partial charge in [0.15, 0.2) is 0 Å². The predicted octanol–water partition coefficient (Wildman–Crippen LogP) is 1.40. The number of hydrogen-bond acceptors (Lipinski definition) is 7. The van der Waals surface area contributed by atoms with Crippen LogP contribution in [0.15, 0.2) is 88.0 Å². The van der Waals surface area contributed by atoms with Crippen molar-refractivity contribution in [2.75, 3.05) is 7.05 Å². The van der Waals surface area contributed by atoms with Gasteiger partial charge in [-0.2, -0.15) is 0 Å². The van der Waals surface area contributed by atoms with E-state index >= 15 is 0 Å². The first kappa shape index (κ1) is 22.6. The van der Waals surface area contributed by atoms with Crippen molar-refractivity contribution in [1.82, 2.24) is 24.4 Å². The molecule has 0 saturated carbocycles. The Balaban J connectivity index is 1.52. The Morgan fingerprint density at radius 2 is 1.67 bits per heavy atom. The van der Waals surface area contributed by atoms with E-state index in [4.69, 9.17) is 0 Å². The average molecular weight is 486 g/mol. The molecule has 0 aliphatic carbocycles. The Kier molecular flexibility index (Phi) is 5.97. The van der Waals surface area contributed by atoms with Gasteiger partial charge in [0.25, 0.3) is 5.91 Å². The van der Waals surface area contributed by atoms with Crippen LogP contribution in [0.5, 0.6) is 0 Å². The number of carbonyl (C=O) groups excluding carboxylic acids is 1. The molecule has 4 rings (SSSR count). The molecular formula is C21H19N5O5S2. The molecule has 10 nitrogen and oxygen atoms in total. The molecule has 2 heterocycles. The molecular weight excluding hydrogens is 466 g/mol. The van der Waals surface area contributed by atoms with Crippen molar-refractivity contribution in [2.24, 2.45) is 0 Å². The topological polar surface area (TPSA) is 140 Å². The Morgan fingerprint density at radius 3 is 2.36 bits per heavy atom. The van der Waals surface area contributed by atoms with Crippen LogP contribution in [0.1, 0.15) is 15.9 Å². The molecule has 12 heteroatoms. The van der Waals surface area contributed by atoms with Crippen LogP contribution in [0.2, 0.25) is 0 Å². The average Bonchev–Trinajstić information content (AvgIpc) is 3.31. The maximum Gasteiger partial charge on any atom is 0.254 e. The zero-order valence-electron chi connectivity index (χ0n) is 17.3. The minimum atomic E-state index is -4.09. The van der Waals surface area contributed by atoms with Crippen molar-refractivity contribution < 1.29 is 21.6 Å².